The Labute approximate surface area is 180 Å². The summed E-state index contributed by atoms with van der Waals surface area (Å²) < 4.78 is 5.27. The van der Waals surface area contributed by atoms with E-state index < -0.39 is 6.09 Å². The molecule has 0 N–H and O–H groups in total. The van der Waals surface area contributed by atoms with Crippen molar-refractivity contribution in [2.75, 3.05) is 6.61 Å². The average molecular weight is 408 g/mol. The van der Waals surface area contributed by atoms with Gasteiger partial charge in [0.2, 0.25) is 5.91 Å². The van der Waals surface area contributed by atoms with Crippen LogP contribution in [0.15, 0.2) is 54.6 Å². The predicted octanol–water partition coefficient (Wildman–Crippen LogP) is 5.39. The molecule has 3 rings (SSSR count). The van der Waals surface area contributed by atoms with Crippen LogP contribution in [0.25, 0.3) is 0 Å². The molecule has 2 amide bonds. The molecule has 2 aromatic carbocycles. The molecule has 2 aromatic rings. The van der Waals surface area contributed by atoms with E-state index >= 15 is 0 Å². The summed E-state index contributed by atoms with van der Waals surface area (Å²) in [7, 11) is 0. The first-order valence-corrected chi connectivity index (χ1v) is 10.8. The van der Waals surface area contributed by atoms with Gasteiger partial charge in [-0.05, 0) is 40.9 Å². The molecule has 1 heterocycles. The van der Waals surface area contributed by atoms with E-state index in [0.717, 1.165) is 11.1 Å². The first-order chi connectivity index (χ1) is 14.2. The van der Waals surface area contributed by atoms with E-state index in [1.807, 2.05) is 44.2 Å². The van der Waals surface area contributed by atoms with E-state index in [1.165, 1.54) is 10.5 Å². The van der Waals surface area contributed by atoms with Crippen LogP contribution in [0, 0.1) is 11.8 Å². The Kier molecular flexibility index (Phi) is 6.64. The molecule has 0 aromatic heterocycles. The molecule has 2 unspecified atom stereocenters. The number of nitrogens with zero attached hydrogens (tertiary/aromatic N) is 1. The van der Waals surface area contributed by atoms with Crippen molar-refractivity contribution in [1.82, 2.24) is 4.90 Å². The zero-order valence-corrected chi connectivity index (χ0v) is 18.7. The van der Waals surface area contributed by atoms with Crippen LogP contribution in [-0.2, 0) is 27.8 Å². The van der Waals surface area contributed by atoms with E-state index in [4.69, 9.17) is 4.74 Å². The molecule has 1 fully saturated rings. The fraction of sp³-hybridized carbons (Fsp3) is 0.462. The molecular formula is C26H33NO3. The molecule has 160 valence electrons. The topological polar surface area (TPSA) is 46.6 Å². The second kappa shape index (κ2) is 9.03. The van der Waals surface area contributed by atoms with Gasteiger partial charge in [0.05, 0.1) is 6.04 Å². The summed E-state index contributed by atoms with van der Waals surface area (Å²) in [5.41, 5.74) is 3.57. The fourth-order valence-corrected chi connectivity index (χ4v) is 3.95. The second-order valence-corrected chi connectivity index (χ2v) is 9.63. The minimum Gasteiger partial charge on any atom is -0.447 e. The zero-order valence-electron chi connectivity index (χ0n) is 18.7. The third kappa shape index (κ3) is 5.10. The number of carbonyl (C=O) groups is 2. The Morgan fingerprint density at radius 1 is 1.03 bits per heavy atom. The van der Waals surface area contributed by atoms with Gasteiger partial charge in [-0.3, -0.25) is 4.79 Å². The molecule has 1 aliphatic rings. The van der Waals surface area contributed by atoms with E-state index in [-0.39, 0.29) is 35.8 Å². The normalized spacial score (nSPS) is 17.9. The molecule has 0 aliphatic carbocycles. The smallest absolute Gasteiger partial charge is 0.416 e. The van der Waals surface area contributed by atoms with Crippen molar-refractivity contribution in [3.63, 3.8) is 0 Å². The lowest BCUT2D eigenvalue weighted by Gasteiger charge is -2.27. The third-order valence-electron chi connectivity index (χ3n) is 5.91. The Morgan fingerprint density at radius 2 is 1.67 bits per heavy atom. The number of cyclic esters (lactones) is 1. The summed E-state index contributed by atoms with van der Waals surface area (Å²) in [4.78, 5) is 27.2. The molecule has 0 saturated carbocycles. The maximum atomic E-state index is 13.5. The number of amides is 2. The van der Waals surface area contributed by atoms with Crippen LogP contribution in [-0.4, -0.2) is 29.5 Å². The fourth-order valence-electron chi connectivity index (χ4n) is 3.95. The van der Waals surface area contributed by atoms with Crippen molar-refractivity contribution >= 4 is 12.0 Å². The van der Waals surface area contributed by atoms with Crippen molar-refractivity contribution in [3.8, 4) is 0 Å². The highest BCUT2D eigenvalue weighted by Crippen LogP contribution is 2.27. The van der Waals surface area contributed by atoms with Crippen LogP contribution < -0.4 is 0 Å². The average Bonchev–Trinajstić information content (AvgIpc) is 3.06. The lowest BCUT2D eigenvalue weighted by molar-refractivity contribution is -0.134. The number of hydrogen-bond donors (Lipinski definition) is 0. The van der Waals surface area contributed by atoms with Gasteiger partial charge in [-0.2, -0.15) is 0 Å². The van der Waals surface area contributed by atoms with Gasteiger partial charge in [0.1, 0.15) is 6.61 Å². The van der Waals surface area contributed by atoms with Crippen LogP contribution in [0.1, 0.15) is 51.3 Å². The van der Waals surface area contributed by atoms with Crippen molar-refractivity contribution in [3.05, 3.63) is 71.3 Å². The first-order valence-electron chi connectivity index (χ1n) is 10.8. The molecule has 1 saturated heterocycles. The summed E-state index contributed by atoms with van der Waals surface area (Å²) >= 11 is 0. The van der Waals surface area contributed by atoms with Gasteiger partial charge in [0, 0.05) is 5.92 Å². The van der Waals surface area contributed by atoms with Gasteiger partial charge < -0.3 is 4.74 Å². The number of ether oxygens (including phenoxy) is 1. The Hall–Kier alpha value is -2.62. The zero-order chi connectivity index (χ0) is 21.9. The van der Waals surface area contributed by atoms with E-state index in [1.54, 1.807) is 0 Å². The molecule has 0 radical (unpaired) electrons. The SMILES string of the molecule is CC(C)C(Cc1ccc(C(C)(C)C)cc1)C(=O)N1C(=O)OCC1Cc1ccccc1. The largest absolute Gasteiger partial charge is 0.447 e. The lowest BCUT2D eigenvalue weighted by Crippen LogP contribution is -2.45. The maximum Gasteiger partial charge on any atom is 0.416 e. The summed E-state index contributed by atoms with van der Waals surface area (Å²) in [6.45, 7) is 10.9. The van der Waals surface area contributed by atoms with Gasteiger partial charge in [-0.15, -0.1) is 0 Å². The highest BCUT2D eigenvalue weighted by molar-refractivity contribution is 5.95. The van der Waals surface area contributed by atoms with Crippen LogP contribution in [0.5, 0.6) is 0 Å². The minimum atomic E-state index is -0.519. The summed E-state index contributed by atoms with van der Waals surface area (Å²) in [6, 6.07) is 18.2. The molecule has 30 heavy (non-hydrogen) atoms. The van der Waals surface area contributed by atoms with Gasteiger partial charge in [0.25, 0.3) is 0 Å². The molecule has 0 bridgehead atoms. The Bertz CT molecular complexity index is 865. The van der Waals surface area contributed by atoms with Crippen LogP contribution in [0.3, 0.4) is 0 Å². The van der Waals surface area contributed by atoms with Crippen molar-refractivity contribution in [1.29, 1.82) is 0 Å². The standard InChI is InChI=1S/C26H33NO3/c1-18(2)23(16-20-11-13-21(14-12-20)26(3,4)5)24(28)27-22(17-30-25(27)29)15-19-9-7-6-8-10-19/h6-14,18,22-23H,15-17H2,1-5H3. The molecule has 0 spiro atoms. The van der Waals surface area contributed by atoms with Crippen LogP contribution >= 0.6 is 0 Å². The number of hydrogen-bond acceptors (Lipinski definition) is 3. The van der Waals surface area contributed by atoms with Gasteiger partial charge >= 0.3 is 6.09 Å². The summed E-state index contributed by atoms with van der Waals surface area (Å²) in [6.07, 6.45) is 0.710. The number of carbonyl (C=O) groups excluding carboxylic acids is 2. The number of imide groups is 1. The first kappa shape index (κ1) is 22.1. The number of rotatable bonds is 6. The van der Waals surface area contributed by atoms with E-state index in [0.29, 0.717) is 12.8 Å². The Balaban J connectivity index is 1.77. The third-order valence-corrected chi connectivity index (χ3v) is 5.91. The summed E-state index contributed by atoms with van der Waals surface area (Å²) in [5.74, 6) is -0.284. The second-order valence-electron chi connectivity index (χ2n) is 9.63. The highest BCUT2D eigenvalue weighted by Gasteiger charge is 2.41. The molecule has 4 nitrogen and oxygen atoms in total. The van der Waals surface area contributed by atoms with Crippen molar-refractivity contribution in [2.24, 2.45) is 11.8 Å². The number of benzene rings is 2. The van der Waals surface area contributed by atoms with Crippen molar-refractivity contribution in [2.45, 2.75) is 58.9 Å². The predicted molar refractivity (Wildman–Crippen MR) is 119 cm³/mol. The van der Waals surface area contributed by atoms with Gasteiger partial charge in [-0.1, -0.05) is 89.2 Å². The lowest BCUT2D eigenvalue weighted by atomic mass is 9.84. The van der Waals surface area contributed by atoms with Crippen LogP contribution in [0.2, 0.25) is 0 Å². The molecule has 2 atom stereocenters. The van der Waals surface area contributed by atoms with E-state index in [9.17, 15) is 9.59 Å². The maximum absolute atomic E-state index is 13.5. The van der Waals surface area contributed by atoms with Gasteiger partial charge in [0.15, 0.2) is 0 Å². The summed E-state index contributed by atoms with van der Waals surface area (Å²) in [5, 5.41) is 0. The van der Waals surface area contributed by atoms with Crippen molar-refractivity contribution < 1.29 is 14.3 Å². The quantitative estimate of drug-likeness (QED) is 0.645. The van der Waals surface area contributed by atoms with Crippen LogP contribution in [0.4, 0.5) is 4.79 Å². The van der Waals surface area contributed by atoms with Gasteiger partial charge in [-0.25, -0.2) is 9.69 Å². The molecule has 4 heteroatoms. The monoisotopic (exact) mass is 407 g/mol. The Morgan fingerprint density at radius 3 is 2.23 bits per heavy atom. The minimum absolute atomic E-state index is 0.0930. The van der Waals surface area contributed by atoms with E-state index in [2.05, 4.69) is 45.0 Å². The molecular weight excluding hydrogens is 374 g/mol. The molecule has 1 aliphatic heterocycles. The highest BCUT2D eigenvalue weighted by atomic mass is 16.6.